The van der Waals surface area contributed by atoms with Crippen LogP contribution in [0.1, 0.15) is 18.7 Å². The van der Waals surface area contributed by atoms with E-state index < -0.39 is 0 Å². The number of hydrogen-bond acceptors (Lipinski definition) is 8. The van der Waals surface area contributed by atoms with Crippen molar-refractivity contribution in [3.05, 3.63) is 42.6 Å². The zero-order chi connectivity index (χ0) is 19.5. The number of aromatic nitrogens is 4. The summed E-state index contributed by atoms with van der Waals surface area (Å²) < 4.78 is 0. The van der Waals surface area contributed by atoms with Crippen molar-refractivity contribution in [2.75, 3.05) is 37.4 Å². The second kappa shape index (κ2) is 8.20. The number of nitrogens with zero attached hydrogens (tertiary/aromatic N) is 6. The predicted molar refractivity (Wildman–Crippen MR) is 114 cm³/mol. The summed E-state index contributed by atoms with van der Waals surface area (Å²) >= 11 is 1.59. The normalized spacial score (nSPS) is 15.2. The molecule has 0 saturated carbocycles. The fourth-order valence-corrected chi connectivity index (χ4v) is 4.29. The number of aryl methyl sites for hydroxylation is 1. The third-order valence-corrected chi connectivity index (χ3v) is 5.99. The number of rotatable bonds is 5. The van der Waals surface area contributed by atoms with Crippen LogP contribution in [0.2, 0.25) is 0 Å². The highest BCUT2D eigenvalue weighted by Gasteiger charge is 2.22. The highest BCUT2D eigenvalue weighted by molar-refractivity contribution is 7.18. The third-order valence-electron chi connectivity index (χ3n) is 5.03. The number of piperidine rings is 1. The summed E-state index contributed by atoms with van der Waals surface area (Å²) in [5, 5.41) is 4.16. The van der Waals surface area contributed by atoms with Crippen molar-refractivity contribution in [3.63, 3.8) is 0 Å². The molecule has 0 aromatic carbocycles. The van der Waals surface area contributed by atoms with E-state index in [1.54, 1.807) is 17.5 Å². The predicted octanol–water partition coefficient (Wildman–Crippen LogP) is 3.58. The van der Waals surface area contributed by atoms with E-state index in [0.29, 0.717) is 6.04 Å². The number of pyridine rings is 1. The highest BCUT2D eigenvalue weighted by atomic mass is 32.1. The first-order valence-corrected chi connectivity index (χ1v) is 10.3. The lowest BCUT2D eigenvalue weighted by molar-refractivity contribution is 0.249. The van der Waals surface area contributed by atoms with Gasteiger partial charge in [0.25, 0.3) is 0 Å². The van der Waals surface area contributed by atoms with E-state index in [-0.39, 0.29) is 0 Å². The molecule has 1 saturated heterocycles. The Morgan fingerprint density at radius 1 is 1.18 bits per heavy atom. The van der Waals surface area contributed by atoms with Gasteiger partial charge in [-0.05, 0) is 39.9 Å². The molecule has 1 aliphatic rings. The van der Waals surface area contributed by atoms with E-state index in [9.17, 15) is 0 Å². The Hall–Kier alpha value is -2.58. The molecular weight excluding hydrogens is 370 g/mol. The summed E-state index contributed by atoms with van der Waals surface area (Å²) in [6, 6.07) is 6.64. The van der Waals surface area contributed by atoms with Crippen molar-refractivity contribution < 1.29 is 0 Å². The first kappa shape index (κ1) is 18.8. The number of hydrogen-bond donors (Lipinski definition) is 1. The molecule has 28 heavy (non-hydrogen) atoms. The van der Waals surface area contributed by atoms with E-state index >= 15 is 0 Å². The highest BCUT2D eigenvalue weighted by Crippen LogP contribution is 2.30. The van der Waals surface area contributed by atoms with Crippen LogP contribution in [0.25, 0.3) is 10.4 Å². The summed E-state index contributed by atoms with van der Waals surface area (Å²) in [7, 11) is 4.32. The fourth-order valence-electron chi connectivity index (χ4n) is 3.47. The molecule has 3 aromatic rings. The summed E-state index contributed by atoms with van der Waals surface area (Å²) in [5.41, 5.74) is 1.07. The first-order valence-electron chi connectivity index (χ1n) is 9.49. The quantitative estimate of drug-likeness (QED) is 0.708. The monoisotopic (exact) mass is 395 g/mol. The number of thiazole rings is 1. The van der Waals surface area contributed by atoms with Crippen molar-refractivity contribution in [2.45, 2.75) is 25.8 Å². The largest absolute Gasteiger partial charge is 0.356 e. The van der Waals surface area contributed by atoms with E-state index in [1.807, 2.05) is 37.5 Å². The van der Waals surface area contributed by atoms with Crippen molar-refractivity contribution in [1.82, 2.24) is 24.8 Å². The zero-order valence-electron chi connectivity index (χ0n) is 16.5. The lowest BCUT2D eigenvalue weighted by Crippen LogP contribution is -2.42. The molecule has 0 unspecified atom stereocenters. The van der Waals surface area contributed by atoms with Crippen molar-refractivity contribution in [3.8, 4) is 10.4 Å². The molecule has 7 nitrogen and oxygen atoms in total. The van der Waals surface area contributed by atoms with Gasteiger partial charge in [0.15, 0.2) is 5.13 Å². The molecule has 8 heteroatoms. The lowest BCUT2D eigenvalue weighted by Gasteiger charge is -2.35. The van der Waals surface area contributed by atoms with E-state index in [4.69, 9.17) is 0 Å². The molecule has 0 atom stereocenters. The third kappa shape index (κ3) is 4.28. The second-order valence-electron chi connectivity index (χ2n) is 7.24. The Kier molecular flexibility index (Phi) is 5.50. The Morgan fingerprint density at radius 2 is 2.00 bits per heavy atom. The molecule has 0 spiro atoms. The maximum Gasteiger partial charge on any atom is 0.188 e. The van der Waals surface area contributed by atoms with Crippen molar-refractivity contribution in [2.24, 2.45) is 0 Å². The van der Waals surface area contributed by atoms with Crippen LogP contribution in [0.15, 0.2) is 36.8 Å². The Balaban J connectivity index is 1.48. The molecule has 0 radical (unpaired) electrons. The molecular formula is C20H25N7S. The molecule has 1 aliphatic heterocycles. The van der Waals surface area contributed by atoms with Gasteiger partial charge in [0.1, 0.15) is 17.5 Å². The molecule has 4 rings (SSSR count). The molecule has 3 aromatic heterocycles. The van der Waals surface area contributed by atoms with Crippen LogP contribution in [0.5, 0.6) is 0 Å². The SMILES string of the molecule is Cc1nc(Nc2ncc(-c3cccnc3)s2)cc(N2CCC(N(C)C)CC2)n1. The second-order valence-corrected chi connectivity index (χ2v) is 8.27. The molecule has 4 heterocycles. The van der Waals surface area contributed by atoms with Gasteiger partial charge < -0.3 is 15.1 Å². The van der Waals surface area contributed by atoms with Gasteiger partial charge in [-0.15, -0.1) is 0 Å². The van der Waals surface area contributed by atoms with Gasteiger partial charge in [-0.25, -0.2) is 15.0 Å². The van der Waals surface area contributed by atoms with Crippen LogP contribution in [0, 0.1) is 6.92 Å². The minimum absolute atomic E-state index is 0.651. The standard InChI is InChI=1S/C20H25N7S/c1-14-23-18(11-19(24-14)27-9-6-16(7-10-27)26(2)3)25-20-22-13-17(28-20)15-5-4-8-21-12-15/h4-5,8,11-13,16H,6-7,9-10H2,1-3H3,(H,22,23,24,25). The molecule has 146 valence electrons. The molecule has 1 fully saturated rings. The van der Waals surface area contributed by atoms with Crippen LogP contribution >= 0.6 is 11.3 Å². The minimum atomic E-state index is 0.651. The average Bonchev–Trinajstić information content (AvgIpc) is 3.17. The van der Waals surface area contributed by atoms with Crippen LogP contribution < -0.4 is 10.2 Å². The average molecular weight is 396 g/mol. The van der Waals surface area contributed by atoms with Gasteiger partial charge in [0, 0.05) is 49.4 Å². The molecule has 0 bridgehead atoms. The van der Waals surface area contributed by atoms with Gasteiger partial charge >= 0.3 is 0 Å². The molecule has 0 amide bonds. The van der Waals surface area contributed by atoms with Gasteiger partial charge in [0.05, 0.1) is 4.88 Å². The Labute approximate surface area is 169 Å². The topological polar surface area (TPSA) is 70.1 Å². The Bertz CT molecular complexity index is 917. The summed E-state index contributed by atoms with van der Waals surface area (Å²) in [5.74, 6) is 2.53. The van der Waals surface area contributed by atoms with E-state index in [2.05, 4.69) is 49.1 Å². The van der Waals surface area contributed by atoms with Crippen LogP contribution in [-0.4, -0.2) is 58.1 Å². The van der Waals surface area contributed by atoms with Crippen LogP contribution in [0.4, 0.5) is 16.8 Å². The zero-order valence-corrected chi connectivity index (χ0v) is 17.3. The maximum absolute atomic E-state index is 4.66. The fraction of sp³-hybridized carbons (Fsp3) is 0.400. The van der Waals surface area contributed by atoms with Gasteiger partial charge in [-0.3, -0.25) is 4.98 Å². The van der Waals surface area contributed by atoms with Gasteiger partial charge in [-0.1, -0.05) is 17.4 Å². The van der Waals surface area contributed by atoms with Gasteiger partial charge in [-0.2, -0.15) is 0 Å². The number of nitrogens with one attached hydrogen (secondary N) is 1. The first-order chi connectivity index (χ1) is 13.6. The van der Waals surface area contributed by atoms with E-state index in [0.717, 1.165) is 59.0 Å². The minimum Gasteiger partial charge on any atom is -0.356 e. The Morgan fingerprint density at radius 3 is 2.71 bits per heavy atom. The molecule has 1 N–H and O–H groups in total. The van der Waals surface area contributed by atoms with Crippen molar-refractivity contribution in [1.29, 1.82) is 0 Å². The number of anilines is 3. The van der Waals surface area contributed by atoms with Crippen LogP contribution in [0.3, 0.4) is 0 Å². The lowest BCUT2D eigenvalue weighted by atomic mass is 10.0. The summed E-state index contributed by atoms with van der Waals surface area (Å²) in [6.45, 7) is 3.96. The van der Waals surface area contributed by atoms with Crippen LogP contribution in [-0.2, 0) is 0 Å². The van der Waals surface area contributed by atoms with Gasteiger partial charge in [0.2, 0.25) is 0 Å². The van der Waals surface area contributed by atoms with Crippen molar-refractivity contribution >= 4 is 28.1 Å². The smallest absolute Gasteiger partial charge is 0.188 e. The van der Waals surface area contributed by atoms with E-state index in [1.165, 1.54) is 0 Å². The molecule has 0 aliphatic carbocycles. The summed E-state index contributed by atoms with van der Waals surface area (Å²) in [4.78, 5) is 23.6. The summed E-state index contributed by atoms with van der Waals surface area (Å²) in [6.07, 6.45) is 7.79. The maximum atomic E-state index is 4.66.